The summed E-state index contributed by atoms with van der Waals surface area (Å²) in [7, 11) is 0. The number of hydrogen-bond acceptors (Lipinski definition) is 7. The van der Waals surface area contributed by atoms with Crippen LogP contribution in [-0.4, -0.2) is 45.3 Å². The lowest BCUT2D eigenvalue weighted by Gasteiger charge is -2.51. The number of nitrogens with zero attached hydrogens (tertiary/aromatic N) is 4. The molecule has 1 aliphatic carbocycles. The molecule has 0 bridgehead atoms. The highest BCUT2D eigenvalue weighted by molar-refractivity contribution is 6.30. The first-order chi connectivity index (χ1) is 16.4. The van der Waals surface area contributed by atoms with Crippen molar-refractivity contribution in [3.8, 4) is 0 Å². The van der Waals surface area contributed by atoms with Gasteiger partial charge in [0.2, 0.25) is 5.89 Å². The number of carboxylic acids is 1. The molecule has 1 amide bonds. The van der Waals surface area contributed by atoms with Crippen LogP contribution in [0.4, 0.5) is 11.5 Å². The van der Waals surface area contributed by atoms with Crippen LogP contribution < -0.4 is 10.2 Å². The number of carbonyl (C=O) groups excluding carboxylic acids is 1. The van der Waals surface area contributed by atoms with E-state index in [9.17, 15) is 9.59 Å². The van der Waals surface area contributed by atoms with E-state index in [1.165, 1.54) is 0 Å². The van der Waals surface area contributed by atoms with Crippen molar-refractivity contribution in [3.05, 3.63) is 65.0 Å². The summed E-state index contributed by atoms with van der Waals surface area (Å²) in [6, 6.07) is 10.9. The zero-order valence-corrected chi connectivity index (χ0v) is 19.2. The second-order valence-corrected chi connectivity index (χ2v) is 9.53. The van der Waals surface area contributed by atoms with Crippen LogP contribution in [0.2, 0.25) is 5.02 Å². The molecular formula is C24H24ClN5O4. The lowest BCUT2D eigenvalue weighted by Crippen LogP contribution is -2.49. The van der Waals surface area contributed by atoms with Gasteiger partial charge in [-0.3, -0.25) is 9.59 Å². The number of nitrogens with one attached hydrogen (secondary N) is 1. The number of halogens is 1. The van der Waals surface area contributed by atoms with Crippen molar-refractivity contribution >= 4 is 35.0 Å². The lowest BCUT2D eigenvalue weighted by molar-refractivity contribution is -0.151. The Balaban J connectivity index is 1.14. The fourth-order valence-electron chi connectivity index (χ4n) is 4.80. The molecule has 0 radical (unpaired) electrons. The highest BCUT2D eigenvalue weighted by Crippen LogP contribution is 2.52. The van der Waals surface area contributed by atoms with Gasteiger partial charge in [-0.15, -0.1) is 10.2 Å². The quantitative estimate of drug-likeness (QED) is 0.541. The largest absolute Gasteiger partial charge is 0.481 e. The Hall–Kier alpha value is -3.46. The van der Waals surface area contributed by atoms with Crippen LogP contribution >= 0.6 is 11.6 Å². The summed E-state index contributed by atoms with van der Waals surface area (Å²) < 4.78 is 5.50. The smallest absolute Gasteiger partial charge is 0.313 e. The Bertz CT molecular complexity index is 1180. The molecule has 1 spiro atoms. The van der Waals surface area contributed by atoms with E-state index in [2.05, 4.69) is 25.4 Å². The first kappa shape index (κ1) is 22.3. The van der Waals surface area contributed by atoms with Crippen LogP contribution in [0.3, 0.4) is 0 Å². The van der Waals surface area contributed by atoms with E-state index in [1.54, 1.807) is 24.4 Å². The number of aromatic nitrogens is 3. The molecule has 3 aromatic rings. The SMILES string of the molecule is O=C(Nc1ccc(N2CCC3(CC2)CC(C(=O)O)C3)nc1)c1nnc(Cc2ccc(Cl)cc2)o1. The average Bonchev–Trinajstić information content (AvgIpc) is 3.28. The number of pyridine rings is 1. The van der Waals surface area contributed by atoms with Crippen molar-refractivity contribution < 1.29 is 19.1 Å². The average molecular weight is 482 g/mol. The molecule has 0 atom stereocenters. The van der Waals surface area contributed by atoms with Crippen molar-refractivity contribution in [3.63, 3.8) is 0 Å². The summed E-state index contributed by atoms with van der Waals surface area (Å²) in [5.74, 6) is -0.294. The first-order valence-corrected chi connectivity index (χ1v) is 11.6. The maximum atomic E-state index is 12.5. The van der Waals surface area contributed by atoms with Gasteiger partial charge in [0.1, 0.15) is 5.82 Å². The number of anilines is 2. The van der Waals surface area contributed by atoms with Gasteiger partial charge in [0.25, 0.3) is 0 Å². The summed E-state index contributed by atoms with van der Waals surface area (Å²) in [5.41, 5.74) is 1.66. The fraction of sp³-hybridized carbons (Fsp3) is 0.375. The molecule has 176 valence electrons. The molecular weight excluding hydrogens is 458 g/mol. The van der Waals surface area contributed by atoms with E-state index in [0.29, 0.717) is 23.0 Å². The van der Waals surface area contributed by atoms with Crippen LogP contribution in [0.25, 0.3) is 0 Å². The van der Waals surface area contributed by atoms with Gasteiger partial charge in [-0.25, -0.2) is 4.98 Å². The summed E-state index contributed by atoms with van der Waals surface area (Å²) in [6.45, 7) is 1.70. The van der Waals surface area contributed by atoms with Crippen molar-refractivity contribution in [2.45, 2.75) is 32.1 Å². The highest BCUT2D eigenvalue weighted by Gasteiger charge is 2.48. The predicted molar refractivity (Wildman–Crippen MR) is 125 cm³/mol. The summed E-state index contributed by atoms with van der Waals surface area (Å²) >= 11 is 5.90. The Kier molecular flexibility index (Phi) is 5.95. The van der Waals surface area contributed by atoms with Gasteiger partial charge in [-0.2, -0.15) is 0 Å². The minimum Gasteiger partial charge on any atom is -0.481 e. The number of amides is 1. The summed E-state index contributed by atoms with van der Waals surface area (Å²) in [5, 5.41) is 20.3. The molecule has 3 heterocycles. The zero-order valence-electron chi connectivity index (χ0n) is 18.4. The molecule has 1 aromatic carbocycles. The standard InChI is InChI=1S/C24H24ClN5O4/c25-17-3-1-15(2-4-17)11-20-28-29-22(34-20)21(31)27-18-5-6-19(26-14-18)30-9-7-24(8-10-30)12-16(13-24)23(32)33/h1-6,14,16H,7-13H2,(H,27,31)(H,32,33). The lowest BCUT2D eigenvalue weighted by atomic mass is 9.57. The molecule has 34 heavy (non-hydrogen) atoms. The van der Waals surface area contributed by atoms with E-state index in [0.717, 1.165) is 50.2 Å². The van der Waals surface area contributed by atoms with Gasteiger partial charge in [0.15, 0.2) is 0 Å². The normalized spacial score (nSPS) is 17.4. The monoisotopic (exact) mass is 481 g/mol. The van der Waals surface area contributed by atoms with Crippen molar-refractivity contribution in [1.82, 2.24) is 15.2 Å². The number of carboxylic acid groups (broad SMARTS) is 1. The predicted octanol–water partition coefficient (Wildman–Crippen LogP) is 4.04. The number of aliphatic carboxylic acids is 1. The molecule has 0 unspecified atom stereocenters. The topological polar surface area (TPSA) is 121 Å². The third kappa shape index (κ3) is 4.75. The third-order valence-corrected chi connectivity index (χ3v) is 7.04. The molecule has 1 saturated carbocycles. The minimum atomic E-state index is -0.675. The maximum Gasteiger partial charge on any atom is 0.313 e. The van der Waals surface area contributed by atoms with Crippen LogP contribution in [0.1, 0.15) is 47.8 Å². The Morgan fingerprint density at radius 1 is 1.12 bits per heavy atom. The van der Waals surface area contributed by atoms with E-state index >= 15 is 0 Å². The second kappa shape index (κ2) is 9.06. The number of carbonyl (C=O) groups is 2. The Morgan fingerprint density at radius 2 is 1.85 bits per heavy atom. The number of hydrogen-bond donors (Lipinski definition) is 2. The Morgan fingerprint density at radius 3 is 2.50 bits per heavy atom. The van der Waals surface area contributed by atoms with Crippen LogP contribution in [-0.2, 0) is 11.2 Å². The maximum absolute atomic E-state index is 12.5. The van der Waals surface area contributed by atoms with Crippen molar-refractivity contribution in [2.24, 2.45) is 11.3 Å². The Labute approximate surface area is 201 Å². The van der Waals surface area contributed by atoms with Gasteiger partial charge >= 0.3 is 17.8 Å². The molecule has 1 saturated heterocycles. The van der Waals surface area contributed by atoms with Crippen molar-refractivity contribution in [1.29, 1.82) is 0 Å². The molecule has 2 aromatic heterocycles. The summed E-state index contributed by atoms with van der Waals surface area (Å²) in [6.07, 6.45) is 5.53. The van der Waals surface area contributed by atoms with E-state index in [-0.39, 0.29) is 17.2 Å². The number of benzene rings is 1. The van der Waals surface area contributed by atoms with Crippen molar-refractivity contribution in [2.75, 3.05) is 23.3 Å². The van der Waals surface area contributed by atoms with Crippen LogP contribution in [0, 0.1) is 11.3 Å². The molecule has 10 heteroatoms. The van der Waals surface area contributed by atoms with E-state index in [1.807, 2.05) is 18.2 Å². The highest BCUT2D eigenvalue weighted by atomic mass is 35.5. The van der Waals surface area contributed by atoms with Crippen LogP contribution in [0.15, 0.2) is 47.0 Å². The molecule has 5 rings (SSSR count). The second-order valence-electron chi connectivity index (χ2n) is 9.09. The number of rotatable bonds is 6. The van der Waals surface area contributed by atoms with Gasteiger partial charge in [-0.1, -0.05) is 23.7 Å². The van der Waals surface area contributed by atoms with E-state index in [4.69, 9.17) is 21.1 Å². The molecule has 2 fully saturated rings. The van der Waals surface area contributed by atoms with Gasteiger partial charge in [0, 0.05) is 18.1 Å². The molecule has 9 nitrogen and oxygen atoms in total. The third-order valence-electron chi connectivity index (χ3n) is 6.79. The summed E-state index contributed by atoms with van der Waals surface area (Å²) in [4.78, 5) is 30.3. The van der Waals surface area contributed by atoms with E-state index < -0.39 is 11.9 Å². The molecule has 1 aliphatic heterocycles. The number of piperidine rings is 1. The minimum absolute atomic E-state index is 0.116. The van der Waals surface area contributed by atoms with Gasteiger partial charge in [-0.05, 0) is 60.9 Å². The van der Waals surface area contributed by atoms with Gasteiger partial charge in [0.05, 0.1) is 24.2 Å². The molecule has 2 N–H and O–H groups in total. The fourth-order valence-corrected chi connectivity index (χ4v) is 4.93. The zero-order chi connectivity index (χ0) is 23.7. The first-order valence-electron chi connectivity index (χ1n) is 11.2. The molecule has 2 aliphatic rings. The van der Waals surface area contributed by atoms with Crippen LogP contribution in [0.5, 0.6) is 0 Å². The van der Waals surface area contributed by atoms with Gasteiger partial charge < -0.3 is 19.7 Å².